The molecule has 0 aliphatic rings. The van der Waals surface area contributed by atoms with Crippen LogP contribution in [0, 0.1) is 0 Å². The Morgan fingerprint density at radius 1 is 1.14 bits per heavy atom. The van der Waals surface area contributed by atoms with Gasteiger partial charge in [0.25, 0.3) is 0 Å². The SMILES string of the molecule is OCc1cnnc(-c2ccccc2)c1. The molecule has 0 bridgehead atoms. The summed E-state index contributed by atoms with van der Waals surface area (Å²) in [6.45, 7) is -0.00461. The summed E-state index contributed by atoms with van der Waals surface area (Å²) in [4.78, 5) is 0. The van der Waals surface area contributed by atoms with Gasteiger partial charge in [-0.3, -0.25) is 0 Å². The normalized spacial score (nSPS) is 10.1. The van der Waals surface area contributed by atoms with Crippen LogP contribution in [0.4, 0.5) is 0 Å². The summed E-state index contributed by atoms with van der Waals surface area (Å²) in [6.07, 6.45) is 1.56. The van der Waals surface area contributed by atoms with Gasteiger partial charge in [-0.25, -0.2) is 0 Å². The zero-order valence-electron chi connectivity index (χ0n) is 7.59. The van der Waals surface area contributed by atoms with Crippen molar-refractivity contribution in [2.24, 2.45) is 0 Å². The van der Waals surface area contributed by atoms with Crippen molar-refractivity contribution in [1.29, 1.82) is 0 Å². The number of benzene rings is 1. The van der Waals surface area contributed by atoms with Crippen molar-refractivity contribution < 1.29 is 5.11 Å². The molecular weight excluding hydrogens is 176 g/mol. The lowest BCUT2D eigenvalue weighted by atomic mass is 10.1. The molecule has 0 atom stereocenters. The van der Waals surface area contributed by atoms with E-state index in [-0.39, 0.29) is 6.61 Å². The Hall–Kier alpha value is -1.74. The lowest BCUT2D eigenvalue weighted by Crippen LogP contribution is -1.91. The quantitative estimate of drug-likeness (QED) is 0.775. The van der Waals surface area contributed by atoms with Crippen LogP contribution >= 0.6 is 0 Å². The first kappa shape index (κ1) is 8.84. The van der Waals surface area contributed by atoms with Crippen LogP contribution in [-0.2, 0) is 6.61 Å². The Balaban J connectivity index is 2.42. The number of aliphatic hydroxyl groups excluding tert-OH is 1. The number of nitrogens with zero attached hydrogens (tertiary/aromatic N) is 2. The highest BCUT2D eigenvalue weighted by Crippen LogP contribution is 2.15. The molecule has 2 aromatic rings. The molecule has 1 aromatic carbocycles. The van der Waals surface area contributed by atoms with Crippen molar-refractivity contribution >= 4 is 0 Å². The lowest BCUT2D eigenvalue weighted by molar-refractivity contribution is 0.281. The maximum absolute atomic E-state index is 8.94. The predicted octanol–water partition coefficient (Wildman–Crippen LogP) is 1.64. The smallest absolute Gasteiger partial charge is 0.0933 e. The molecule has 70 valence electrons. The third-order valence-electron chi connectivity index (χ3n) is 1.96. The topological polar surface area (TPSA) is 46.0 Å². The van der Waals surface area contributed by atoms with Crippen LogP contribution in [0.25, 0.3) is 11.3 Å². The van der Waals surface area contributed by atoms with Crippen molar-refractivity contribution in [1.82, 2.24) is 10.2 Å². The summed E-state index contributed by atoms with van der Waals surface area (Å²) in [5, 5.41) is 16.8. The molecule has 0 radical (unpaired) electrons. The molecule has 0 unspecified atom stereocenters. The Labute approximate surface area is 82.1 Å². The summed E-state index contributed by atoms with van der Waals surface area (Å²) in [5.41, 5.74) is 2.58. The van der Waals surface area contributed by atoms with E-state index in [0.717, 1.165) is 16.8 Å². The molecule has 1 heterocycles. The first-order valence-electron chi connectivity index (χ1n) is 4.38. The van der Waals surface area contributed by atoms with E-state index < -0.39 is 0 Å². The summed E-state index contributed by atoms with van der Waals surface area (Å²) < 4.78 is 0. The molecule has 2 rings (SSSR count). The van der Waals surface area contributed by atoms with Crippen molar-refractivity contribution in [3.8, 4) is 11.3 Å². The number of aliphatic hydroxyl groups is 1. The highest BCUT2D eigenvalue weighted by molar-refractivity contribution is 5.58. The Bertz CT molecular complexity index is 415. The van der Waals surface area contributed by atoms with Gasteiger partial charge in [0.05, 0.1) is 18.5 Å². The number of aromatic nitrogens is 2. The van der Waals surface area contributed by atoms with Gasteiger partial charge < -0.3 is 5.11 Å². The van der Waals surface area contributed by atoms with Gasteiger partial charge in [-0.05, 0) is 11.6 Å². The van der Waals surface area contributed by atoms with Crippen molar-refractivity contribution in [2.75, 3.05) is 0 Å². The van der Waals surface area contributed by atoms with E-state index in [0.29, 0.717) is 0 Å². The minimum Gasteiger partial charge on any atom is -0.392 e. The molecule has 1 aromatic heterocycles. The third kappa shape index (κ3) is 1.78. The van der Waals surface area contributed by atoms with Gasteiger partial charge in [0, 0.05) is 5.56 Å². The third-order valence-corrected chi connectivity index (χ3v) is 1.96. The monoisotopic (exact) mass is 186 g/mol. The highest BCUT2D eigenvalue weighted by atomic mass is 16.3. The maximum Gasteiger partial charge on any atom is 0.0933 e. The molecule has 0 aliphatic heterocycles. The summed E-state index contributed by atoms with van der Waals surface area (Å²) in [6, 6.07) is 11.6. The first-order valence-corrected chi connectivity index (χ1v) is 4.38. The van der Waals surface area contributed by atoms with Gasteiger partial charge in [-0.15, -0.1) is 0 Å². The fourth-order valence-electron chi connectivity index (χ4n) is 1.24. The molecule has 3 heteroatoms. The van der Waals surface area contributed by atoms with E-state index >= 15 is 0 Å². The van der Waals surface area contributed by atoms with Crippen LogP contribution in [0.3, 0.4) is 0 Å². The molecule has 14 heavy (non-hydrogen) atoms. The molecule has 0 amide bonds. The number of rotatable bonds is 2. The maximum atomic E-state index is 8.94. The largest absolute Gasteiger partial charge is 0.392 e. The van der Waals surface area contributed by atoms with Crippen molar-refractivity contribution in [2.45, 2.75) is 6.61 Å². The van der Waals surface area contributed by atoms with E-state index in [1.165, 1.54) is 0 Å². The zero-order valence-corrected chi connectivity index (χ0v) is 7.59. The summed E-state index contributed by atoms with van der Waals surface area (Å²) in [7, 11) is 0. The van der Waals surface area contributed by atoms with Gasteiger partial charge in [0.1, 0.15) is 0 Å². The van der Waals surface area contributed by atoms with Crippen LogP contribution in [-0.4, -0.2) is 15.3 Å². The van der Waals surface area contributed by atoms with E-state index in [1.54, 1.807) is 6.20 Å². The number of hydrogen-bond acceptors (Lipinski definition) is 3. The molecule has 0 spiro atoms. The zero-order chi connectivity index (χ0) is 9.80. The van der Waals surface area contributed by atoms with E-state index in [9.17, 15) is 0 Å². The second-order valence-corrected chi connectivity index (χ2v) is 2.97. The van der Waals surface area contributed by atoms with Crippen molar-refractivity contribution in [3.05, 3.63) is 48.2 Å². The molecule has 0 aliphatic carbocycles. The fourth-order valence-corrected chi connectivity index (χ4v) is 1.24. The van der Waals surface area contributed by atoms with E-state index in [2.05, 4.69) is 10.2 Å². The van der Waals surface area contributed by atoms with Gasteiger partial charge in [-0.1, -0.05) is 30.3 Å². The average molecular weight is 186 g/mol. The van der Waals surface area contributed by atoms with E-state index in [1.807, 2.05) is 36.4 Å². The highest BCUT2D eigenvalue weighted by Gasteiger charge is 1.99. The average Bonchev–Trinajstić information content (AvgIpc) is 2.30. The van der Waals surface area contributed by atoms with Crippen LogP contribution in [0.15, 0.2) is 42.6 Å². The van der Waals surface area contributed by atoms with E-state index in [4.69, 9.17) is 5.11 Å². The second-order valence-electron chi connectivity index (χ2n) is 2.97. The van der Waals surface area contributed by atoms with Crippen LogP contribution in [0.5, 0.6) is 0 Å². The lowest BCUT2D eigenvalue weighted by Gasteiger charge is -2.00. The predicted molar refractivity (Wildman–Crippen MR) is 53.4 cm³/mol. The molecule has 1 N–H and O–H groups in total. The Kier molecular flexibility index (Phi) is 2.51. The minimum atomic E-state index is -0.00461. The first-order chi connectivity index (χ1) is 6.90. The molecule has 0 saturated heterocycles. The molecular formula is C11H10N2O. The van der Waals surface area contributed by atoms with Crippen LogP contribution < -0.4 is 0 Å². The molecule has 0 saturated carbocycles. The Morgan fingerprint density at radius 2 is 1.93 bits per heavy atom. The van der Waals surface area contributed by atoms with Crippen molar-refractivity contribution in [3.63, 3.8) is 0 Å². The summed E-state index contributed by atoms with van der Waals surface area (Å²) in [5.74, 6) is 0. The molecule has 0 fully saturated rings. The summed E-state index contributed by atoms with van der Waals surface area (Å²) >= 11 is 0. The fraction of sp³-hybridized carbons (Fsp3) is 0.0909. The van der Waals surface area contributed by atoms with Gasteiger partial charge >= 0.3 is 0 Å². The standard InChI is InChI=1S/C11H10N2O/c14-8-9-6-11(13-12-7-9)10-4-2-1-3-5-10/h1-7,14H,8H2. The van der Waals surface area contributed by atoms with Crippen LogP contribution in [0.1, 0.15) is 5.56 Å². The second kappa shape index (κ2) is 3.98. The van der Waals surface area contributed by atoms with Gasteiger partial charge in [0.15, 0.2) is 0 Å². The molecule has 3 nitrogen and oxygen atoms in total. The Morgan fingerprint density at radius 3 is 2.64 bits per heavy atom. The van der Waals surface area contributed by atoms with Gasteiger partial charge in [0.2, 0.25) is 0 Å². The minimum absolute atomic E-state index is 0.00461. The number of hydrogen-bond donors (Lipinski definition) is 1. The van der Waals surface area contributed by atoms with Crippen LogP contribution in [0.2, 0.25) is 0 Å². The van der Waals surface area contributed by atoms with Gasteiger partial charge in [-0.2, -0.15) is 10.2 Å².